The van der Waals surface area contributed by atoms with E-state index in [-0.39, 0.29) is 33.1 Å². The van der Waals surface area contributed by atoms with Gasteiger partial charge in [0.25, 0.3) is 0 Å². The van der Waals surface area contributed by atoms with Crippen LogP contribution in [0.15, 0.2) is 12.1 Å². The standard InChI is InChI=1S/C13H16Cl2N2O3/c1-7(6-16)2-3-11(18)17-12-9(14)4-8(13(19)20)5-10(12)15/h4-5,7H,2-3,6,16H2,1H3,(H,17,18)(H,19,20). The van der Waals surface area contributed by atoms with E-state index in [1.807, 2.05) is 6.92 Å². The van der Waals surface area contributed by atoms with Crippen molar-refractivity contribution in [2.45, 2.75) is 19.8 Å². The van der Waals surface area contributed by atoms with Gasteiger partial charge in [-0.3, -0.25) is 4.79 Å². The molecule has 7 heteroatoms. The third kappa shape index (κ3) is 4.67. The second kappa shape index (κ2) is 7.47. The largest absolute Gasteiger partial charge is 0.478 e. The van der Waals surface area contributed by atoms with Gasteiger partial charge in [0.1, 0.15) is 0 Å². The summed E-state index contributed by atoms with van der Waals surface area (Å²) in [6.45, 7) is 2.47. The zero-order chi connectivity index (χ0) is 15.3. The topological polar surface area (TPSA) is 92.4 Å². The smallest absolute Gasteiger partial charge is 0.335 e. The molecule has 4 N–H and O–H groups in total. The highest BCUT2D eigenvalue weighted by Crippen LogP contribution is 2.32. The quantitative estimate of drug-likeness (QED) is 0.751. The number of aromatic carboxylic acids is 1. The highest BCUT2D eigenvalue weighted by Gasteiger charge is 2.14. The lowest BCUT2D eigenvalue weighted by Crippen LogP contribution is -2.17. The number of benzene rings is 1. The number of halogens is 2. The number of carboxylic acids is 1. The van der Waals surface area contributed by atoms with Crippen LogP contribution in [0.3, 0.4) is 0 Å². The number of nitrogens with two attached hydrogens (primary N) is 1. The Bertz CT molecular complexity index is 497. The first-order valence-electron chi connectivity index (χ1n) is 6.07. The van der Waals surface area contributed by atoms with E-state index in [9.17, 15) is 9.59 Å². The van der Waals surface area contributed by atoms with Gasteiger partial charge in [-0.25, -0.2) is 4.79 Å². The summed E-state index contributed by atoms with van der Waals surface area (Å²) in [7, 11) is 0. The van der Waals surface area contributed by atoms with Gasteiger partial charge in [-0.15, -0.1) is 0 Å². The molecule has 0 aliphatic rings. The second-order valence-corrected chi connectivity index (χ2v) is 5.36. The summed E-state index contributed by atoms with van der Waals surface area (Å²) in [6.07, 6.45) is 0.955. The molecule has 1 aromatic carbocycles. The zero-order valence-corrected chi connectivity index (χ0v) is 12.5. The fourth-order valence-electron chi connectivity index (χ4n) is 1.51. The molecule has 5 nitrogen and oxygen atoms in total. The first kappa shape index (κ1) is 16.8. The van der Waals surface area contributed by atoms with Gasteiger partial charge in [-0.05, 0) is 31.0 Å². The predicted octanol–water partition coefficient (Wildman–Crippen LogP) is 3.01. The number of anilines is 1. The third-order valence-electron chi connectivity index (χ3n) is 2.82. The normalized spacial score (nSPS) is 12.0. The number of hydrogen-bond acceptors (Lipinski definition) is 3. The van der Waals surface area contributed by atoms with Crippen LogP contribution >= 0.6 is 23.2 Å². The van der Waals surface area contributed by atoms with Gasteiger partial charge in [0.15, 0.2) is 0 Å². The first-order valence-corrected chi connectivity index (χ1v) is 6.83. The Morgan fingerprint density at radius 3 is 2.35 bits per heavy atom. The van der Waals surface area contributed by atoms with E-state index in [4.69, 9.17) is 34.0 Å². The number of carbonyl (C=O) groups excluding carboxylic acids is 1. The van der Waals surface area contributed by atoms with Gasteiger partial charge in [0.2, 0.25) is 5.91 Å². The van der Waals surface area contributed by atoms with E-state index < -0.39 is 5.97 Å². The molecule has 0 radical (unpaired) electrons. The molecular weight excluding hydrogens is 303 g/mol. The van der Waals surface area contributed by atoms with E-state index in [1.165, 1.54) is 12.1 Å². The minimum atomic E-state index is -1.14. The number of nitrogens with one attached hydrogen (secondary N) is 1. The summed E-state index contributed by atoms with van der Waals surface area (Å²) < 4.78 is 0. The molecule has 20 heavy (non-hydrogen) atoms. The molecule has 0 saturated carbocycles. The van der Waals surface area contributed by atoms with Crippen molar-refractivity contribution in [3.05, 3.63) is 27.7 Å². The number of hydrogen-bond donors (Lipinski definition) is 3. The van der Waals surface area contributed by atoms with Crippen LogP contribution in [0, 0.1) is 5.92 Å². The molecule has 0 bridgehead atoms. The molecule has 110 valence electrons. The average molecular weight is 319 g/mol. The fourth-order valence-corrected chi connectivity index (χ4v) is 2.09. The maximum absolute atomic E-state index is 11.8. The van der Waals surface area contributed by atoms with Crippen molar-refractivity contribution < 1.29 is 14.7 Å². The molecule has 0 aromatic heterocycles. The summed E-state index contributed by atoms with van der Waals surface area (Å²) in [5.41, 5.74) is 5.67. The lowest BCUT2D eigenvalue weighted by molar-refractivity contribution is -0.116. The molecular formula is C13H16Cl2N2O3. The van der Waals surface area contributed by atoms with E-state index in [1.54, 1.807) is 0 Å². The number of rotatable bonds is 6. The molecule has 1 unspecified atom stereocenters. The van der Waals surface area contributed by atoms with Crippen molar-refractivity contribution in [3.8, 4) is 0 Å². The summed E-state index contributed by atoms with van der Waals surface area (Å²) >= 11 is 11.9. The summed E-state index contributed by atoms with van der Waals surface area (Å²) in [4.78, 5) is 22.6. The molecule has 0 aliphatic heterocycles. The van der Waals surface area contributed by atoms with Gasteiger partial charge in [-0.1, -0.05) is 30.1 Å². The van der Waals surface area contributed by atoms with Crippen molar-refractivity contribution in [2.75, 3.05) is 11.9 Å². The molecule has 1 aromatic rings. The number of amides is 1. The van der Waals surface area contributed by atoms with Crippen molar-refractivity contribution in [1.29, 1.82) is 0 Å². The lowest BCUT2D eigenvalue weighted by Gasteiger charge is -2.11. The first-order chi connectivity index (χ1) is 9.35. The van der Waals surface area contributed by atoms with Crippen molar-refractivity contribution in [1.82, 2.24) is 0 Å². The van der Waals surface area contributed by atoms with Gasteiger partial charge < -0.3 is 16.2 Å². The molecule has 0 fully saturated rings. The molecule has 1 atom stereocenters. The molecule has 0 spiro atoms. The van der Waals surface area contributed by atoms with Crippen LogP contribution in [0.5, 0.6) is 0 Å². The third-order valence-corrected chi connectivity index (χ3v) is 3.42. The minimum Gasteiger partial charge on any atom is -0.478 e. The summed E-state index contributed by atoms with van der Waals surface area (Å²) in [5, 5.41) is 11.6. The maximum atomic E-state index is 11.8. The van der Waals surface area contributed by atoms with Crippen LogP contribution in [0.25, 0.3) is 0 Å². The van der Waals surface area contributed by atoms with Crippen molar-refractivity contribution in [3.63, 3.8) is 0 Å². The number of carbonyl (C=O) groups is 2. The van der Waals surface area contributed by atoms with Crippen LogP contribution < -0.4 is 11.1 Å². The highest BCUT2D eigenvalue weighted by molar-refractivity contribution is 6.40. The Labute approximate surface area is 127 Å². The zero-order valence-electron chi connectivity index (χ0n) is 11.0. The van der Waals surface area contributed by atoms with E-state index in [0.29, 0.717) is 19.4 Å². The SMILES string of the molecule is CC(CN)CCC(=O)Nc1c(Cl)cc(C(=O)O)cc1Cl. The van der Waals surface area contributed by atoms with E-state index in [0.717, 1.165) is 0 Å². The van der Waals surface area contributed by atoms with Gasteiger partial charge >= 0.3 is 5.97 Å². The van der Waals surface area contributed by atoms with Crippen molar-refractivity contribution >= 4 is 40.8 Å². The molecule has 0 aliphatic carbocycles. The van der Waals surface area contributed by atoms with Crippen molar-refractivity contribution in [2.24, 2.45) is 11.7 Å². The molecule has 1 rings (SSSR count). The van der Waals surface area contributed by atoms with Gasteiger partial charge in [-0.2, -0.15) is 0 Å². The van der Waals surface area contributed by atoms with Gasteiger partial charge in [0.05, 0.1) is 21.3 Å². The molecule has 1 amide bonds. The summed E-state index contributed by atoms with van der Waals surface area (Å²) in [5.74, 6) is -1.12. The van der Waals surface area contributed by atoms with E-state index >= 15 is 0 Å². The van der Waals surface area contributed by atoms with Crippen LogP contribution in [-0.4, -0.2) is 23.5 Å². The van der Waals surface area contributed by atoms with Crippen LogP contribution in [0.2, 0.25) is 10.0 Å². The van der Waals surface area contributed by atoms with E-state index in [2.05, 4.69) is 5.32 Å². The average Bonchev–Trinajstić information content (AvgIpc) is 2.39. The Balaban J connectivity index is 2.78. The minimum absolute atomic E-state index is 0.0326. The number of carboxylic acid groups (broad SMARTS) is 1. The lowest BCUT2D eigenvalue weighted by atomic mass is 10.1. The van der Waals surface area contributed by atoms with Crippen LogP contribution in [-0.2, 0) is 4.79 Å². The molecule has 0 heterocycles. The van der Waals surface area contributed by atoms with Crippen LogP contribution in [0.1, 0.15) is 30.1 Å². The Kier molecular flexibility index (Phi) is 6.26. The molecule has 0 saturated heterocycles. The summed E-state index contributed by atoms with van der Waals surface area (Å²) in [6, 6.07) is 2.49. The maximum Gasteiger partial charge on any atom is 0.335 e. The highest BCUT2D eigenvalue weighted by atomic mass is 35.5. The second-order valence-electron chi connectivity index (χ2n) is 4.55. The Morgan fingerprint density at radius 2 is 1.90 bits per heavy atom. The Morgan fingerprint density at radius 1 is 1.35 bits per heavy atom. The predicted molar refractivity (Wildman–Crippen MR) is 79.5 cm³/mol. The Hall–Kier alpha value is -1.30. The monoisotopic (exact) mass is 318 g/mol. The van der Waals surface area contributed by atoms with Gasteiger partial charge in [0, 0.05) is 6.42 Å². The van der Waals surface area contributed by atoms with Crippen LogP contribution in [0.4, 0.5) is 5.69 Å². The fraction of sp³-hybridized carbons (Fsp3) is 0.385.